The smallest absolute Gasteiger partial charge is 0.379 e. The van der Waals surface area contributed by atoms with Crippen molar-refractivity contribution < 1.29 is 23.4 Å². The van der Waals surface area contributed by atoms with Crippen molar-refractivity contribution in [3.8, 4) is 28.4 Å². The number of anilines is 1. The molecule has 1 aliphatic heterocycles. The molecule has 0 aliphatic carbocycles. The highest BCUT2D eigenvalue weighted by molar-refractivity contribution is 5.91. The fourth-order valence-electron chi connectivity index (χ4n) is 5.47. The van der Waals surface area contributed by atoms with E-state index in [1.54, 1.807) is 39.3 Å². The monoisotopic (exact) mass is 538 g/mol. The first-order valence-corrected chi connectivity index (χ1v) is 13.1. The van der Waals surface area contributed by atoms with Crippen molar-refractivity contribution in [1.82, 2.24) is 0 Å². The van der Waals surface area contributed by atoms with Crippen molar-refractivity contribution in [2.24, 2.45) is 5.73 Å². The summed E-state index contributed by atoms with van der Waals surface area (Å²) < 4.78 is 22.4. The van der Waals surface area contributed by atoms with Crippen LogP contribution in [0.2, 0.25) is 0 Å². The molecule has 40 heavy (non-hydrogen) atoms. The summed E-state index contributed by atoms with van der Waals surface area (Å²) in [6.07, 6.45) is 3.68. The van der Waals surface area contributed by atoms with E-state index >= 15 is 0 Å². The van der Waals surface area contributed by atoms with Crippen LogP contribution in [0.15, 0.2) is 77.4 Å². The van der Waals surface area contributed by atoms with Crippen LogP contribution in [0.4, 0.5) is 5.69 Å². The number of esters is 1. The van der Waals surface area contributed by atoms with Crippen molar-refractivity contribution in [2.75, 3.05) is 19.5 Å². The summed E-state index contributed by atoms with van der Waals surface area (Å²) in [6, 6.07) is 18.5. The maximum Gasteiger partial charge on any atom is 0.379 e. The highest BCUT2D eigenvalue weighted by atomic mass is 16.5. The van der Waals surface area contributed by atoms with Crippen LogP contribution in [0.3, 0.4) is 0 Å². The Hall–Kier alpha value is -4.49. The van der Waals surface area contributed by atoms with Crippen LogP contribution >= 0.6 is 0 Å². The van der Waals surface area contributed by atoms with E-state index in [0.717, 1.165) is 39.1 Å². The molecule has 7 nitrogen and oxygen atoms in total. The van der Waals surface area contributed by atoms with Gasteiger partial charge in [0.25, 0.3) is 0 Å². The third-order valence-corrected chi connectivity index (χ3v) is 7.18. The summed E-state index contributed by atoms with van der Waals surface area (Å²) in [5.41, 5.74) is 14.3. The molecule has 0 radical (unpaired) electrons. The van der Waals surface area contributed by atoms with Crippen molar-refractivity contribution in [3.63, 3.8) is 0 Å². The molecule has 206 valence electrons. The molecule has 4 aromatic rings. The Morgan fingerprint density at radius 1 is 0.950 bits per heavy atom. The highest BCUT2D eigenvalue weighted by Crippen LogP contribution is 2.47. The van der Waals surface area contributed by atoms with Gasteiger partial charge >= 0.3 is 5.97 Å². The number of para-hydroxylation sites is 1. The number of carbonyl (C=O) groups is 1. The van der Waals surface area contributed by atoms with E-state index in [0.29, 0.717) is 22.8 Å². The first kappa shape index (κ1) is 27.1. The summed E-state index contributed by atoms with van der Waals surface area (Å²) in [6.45, 7) is 8.18. The Labute approximate surface area is 234 Å². The van der Waals surface area contributed by atoms with Gasteiger partial charge in [0.2, 0.25) is 5.76 Å². The summed E-state index contributed by atoms with van der Waals surface area (Å²) in [5, 5.41) is 3.64. The Morgan fingerprint density at radius 2 is 1.68 bits per heavy atom. The molecule has 0 bridgehead atoms. The number of furan rings is 1. The number of fused-ring (bicyclic) bond motifs is 1. The highest BCUT2D eigenvalue weighted by Gasteiger charge is 2.30. The first-order chi connectivity index (χ1) is 19.1. The molecule has 3 aromatic carbocycles. The van der Waals surface area contributed by atoms with Gasteiger partial charge in [-0.2, -0.15) is 0 Å². The largest absolute Gasteiger partial charge is 0.496 e. The minimum absolute atomic E-state index is 0.167. The number of nitrogens with one attached hydrogen (secondary N) is 1. The van der Waals surface area contributed by atoms with E-state index < -0.39 is 12.0 Å². The number of hydrogen-bond donors (Lipinski definition) is 2. The lowest BCUT2D eigenvalue weighted by molar-refractivity contribution is 0.0700. The van der Waals surface area contributed by atoms with Crippen molar-refractivity contribution in [3.05, 3.63) is 101 Å². The van der Waals surface area contributed by atoms with Gasteiger partial charge in [0, 0.05) is 34.0 Å². The molecule has 5 rings (SSSR count). The summed E-state index contributed by atoms with van der Waals surface area (Å²) >= 11 is 0. The quantitative estimate of drug-likeness (QED) is 0.191. The van der Waals surface area contributed by atoms with E-state index in [4.69, 9.17) is 24.4 Å². The number of ether oxygens (including phenoxy) is 3. The van der Waals surface area contributed by atoms with Gasteiger partial charge in [-0.3, -0.25) is 0 Å². The number of aryl methyl sites for hydroxylation is 1. The fourth-order valence-corrected chi connectivity index (χ4v) is 5.47. The van der Waals surface area contributed by atoms with E-state index in [9.17, 15) is 4.79 Å². The molecule has 7 heteroatoms. The number of rotatable bonds is 7. The standard InChI is InChI=1S/C33H34N2O5/c1-19-15-16-39-31(19)32(36)40-21-11-12-22(27(17-21)38-6)23-13-14-25-28(20(2)18-33(3,4)35-25)29(23)30(34)24-9-7-8-10-26(24)37-5/h7-18,30,35H,34H2,1-6H3. The van der Waals surface area contributed by atoms with Crippen LogP contribution in [-0.4, -0.2) is 25.7 Å². The van der Waals surface area contributed by atoms with Gasteiger partial charge in [0.15, 0.2) is 0 Å². The van der Waals surface area contributed by atoms with Crippen LogP contribution in [-0.2, 0) is 0 Å². The predicted octanol–water partition coefficient (Wildman–Crippen LogP) is 7.15. The lowest BCUT2D eigenvalue weighted by Gasteiger charge is -2.35. The average molecular weight is 539 g/mol. The zero-order valence-corrected chi connectivity index (χ0v) is 23.6. The normalized spacial score (nSPS) is 14.4. The van der Waals surface area contributed by atoms with Crippen LogP contribution in [0.1, 0.15) is 59.6 Å². The molecule has 0 spiro atoms. The molecule has 0 saturated carbocycles. The molecule has 1 atom stereocenters. The topological polar surface area (TPSA) is 96.0 Å². The Balaban J connectivity index is 1.66. The molecule has 0 fully saturated rings. The number of carbonyl (C=O) groups excluding carboxylic acids is 1. The third-order valence-electron chi connectivity index (χ3n) is 7.18. The predicted molar refractivity (Wildman–Crippen MR) is 157 cm³/mol. The zero-order chi connectivity index (χ0) is 28.6. The summed E-state index contributed by atoms with van der Waals surface area (Å²) in [7, 11) is 3.24. The maximum absolute atomic E-state index is 12.7. The second kappa shape index (κ2) is 10.6. The van der Waals surface area contributed by atoms with Gasteiger partial charge in [-0.25, -0.2) is 4.79 Å². The number of methoxy groups -OCH3 is 2. The van der Waals surface area contributed by atoms with Crippen molar-refractivity contribution in [2.45, 2.75) is 39.3 Å². The van der Waals surface area contributed by atoms with Gasteiger partial charge < -0.3 is 29.7 Å². The SMILES string of the molecule is COc1cc(OC(=O)c2occc2C)ccc1-c1ccc2c(c1C(N)c1ccccc1OC)C(C)=CC(C)(C)N2. The lowest BCUT2D eigenvalue weighted by atomic mass is 9.81. The van der Waals surface area contributed by atoms with Crippen LogP contribution in [0.5, 0.6) is 17.2 Å². The second-order valence-electron chi connectivity index (χ2n) is 10.5. The van der Waals surface area contributed by atoms with Gasteiger partial charge in [0.05, 0.1) is 32.1 Å². The fraction of sp³-hybridized carbons (Fsp3) is 0.242. The minimum atomic E-state index is -0.570. The molecule has 0 amide bonds. The second-order valence-corrected chi connectivity index (χ2v) is 10.5. The molecule has 2 heterocycles. The van der Waals surface area contributed by atoms with E-state index in [1.165, 1.54) is 6.26 Å². The Morgan fingerprint density at radius 3 is 2.38 bits per heavy atom. The third kappa shape index (κ3) is 4.96. The minimum Gasteiger partial charge on any atom is -0.496 e. The van der Waals surface area contributed by atoms with Gasteiger partial charge in [-0.15, -0.1) is 0 Å². The van der Waals surface area contributed by atoms with Crippen LogP contribution in [0, 0.1) is 6.92 Å². The number of benzene rings is 3. The molecule has 0 saturated heterocycles. The average Bonchev–Trinajstić information content (AvgIpc) is 3.37. The van der Waals surface area contributed by atoms with Crippen LogP contribution < -0.4 is 25.3 Å². The molecular formula is C33H34N2O5. The van der Waals surface area contributed by atoms with Gasteiger partial charge in [-0.05, 0) is 74.7 Å². The Bertz CT molecular complexity index is 1620. The van der Waals surface area contributed by atoms with Gasteiger partial charge in [-0.1, -0.05) is 30.3 Å². The number of allylic oxidation sites excluding steroid dienone is 1. The maximum atomic E-state index is 12.7. The van der Waals surface area contributed by atoms with E-state index in [2.05, 4.69) is 44.3 Å². The number of hydrogen-bond acceptors (Lipinski definition) is 7. The van der Waals surface area contributed by atoms with Crippen molar-refractivity contribution in [1.29, 1.82) is 0 Å². The molecular weight excluding hydrogens is 504 g/mol. The molecule has 1 aliphatic rings. The Kier molecular flexibility index (Phi) is 7.17. The molecule has 1 aromatic heterocycles. The zero-order valence-electron chi connectivity index (χ0n) is 23.6. The molecule has 3 N–H and O–H groups in total. The van der Waals surface area contributed by atoms with E-state index in [1.807, 2.05) is 30.3 Å². The van der Waals surface area contributed by atoms with Crippen LogP contribution in [0.25, 0.3) is 16.7 Å². The molecule has 1 unspecified atom stereocenters. The summed E-state index contributed by atoms with van der Waals surface area (Å²) in [4.78, 5) is 12.7. The lowest BCUT2D eigenvalue weighted by Crippen LogP contribution is -2.32. The van der Waals surface area contributed by atoms with E-state index in [-0.39, 0.29) is 11.3 Å². The summed E-state index contributed by atoms with van der Waals surface area (Å²) in [5.74, 6) is 1.20. The van der Waals surface area contributed by atoms with Gasteiger partial charge in [0.1, 0.15) is 17.2 Å². The van der Waals surface area contributed by atoms with Crippen molar-refractivity contribution >= 4 is 17.2 Å². The number of nitrogens with two attached hydrogens (primary N) is 1. The first-order valence-electron chi connectivity index (χ1n) is 13.1.